The predicted octanol–water partition coefficient (Wildman–Crippen LogP) is 5.98. The highest BCUT2D eigenvalue weighted by molar-refractivity contribution is 5.99. The number of hydrogen-bond acceptors (Lipinski definition) is 3. The minimum absolute atomic E-state index is 0.156. The molecule has 0 atom stereocenters. The lowest BCUT2D eigenvalue weighted by atomic mass is 9.85. The van der Waals surface area contributed by atoms with Gasteiger partial charge in [0.05, 0.1) is 0 Å². The summed E-state index contributed by atoms with van der Waals surface area (Å²) in [5.41, 5.74) is 5.93. The molecule has 2 aliphatic rings. The molecule has 1 aliphatic carbocycles. The van der Waals surface area contributed by atoms with Crippen LogP contribution in [0.25, 0.3) is 23.3 Å². The standard InChI is InChI=1S/C33H38N2O2.C2H6/c36-25-7-10-31(26-8-3-1-4-9-26)33(29-13-16-30(37)17-14-29)28-12-11-27-19-22-35(32(27)18-15-28)24-23-34-20-5-2-6-21-34;1-2/h1,3-4,8-9,11,13-19,22,36-37H,2,5-7,10,12,20-21,23-25H2;1-2H3/b33-31+;. The van der Waals surface area contributed by atoms with E-state index in [2.05, 4.69) is 64.2 Å². The number of hydrogen-bond donors (Lipinski definition) is 2. The van der Waals surface area contributed by atoms with Gasteiger partial charge in [-0.1, -0.05) is 74.9 Å². The summed E-state index contributed by atoms with van der Waals surface area (Å²) in [6.07, 6.45) is 15.5. The number of aliphatic hydroxyl groups is 1. The summed E-state index contributed by atoms with van der Waals surface area (Å²) in [6, 6.07) is 20.3. The molecule has 4 heteroatoms. The second-order valence-electron chi connectivity index (χ2n) is 10.1. The first-order valence-corrected chi connectivity index (χ1v) is 14.7. The number of nitrogens with zero attached hydrogens (tertiary/aromatic N) is 2. The van der Waals surface area contributed by atoms with Crippen molar-refractivity contribution in [2.75, 3.05) is 26.2 Å². The molecule has 39 heavy (non-hydrogen) atoms. The quantitative estimate of drug-likeness (QED) is 0.339. The molecule has 0 unspecified atom stereocenters. The minimum Gasteiger partial charge on any atom is -0.508 e. The van der Waals surface area contributed by atoms with Crippen LogP contribution in [-0.2, 0) is 6.54 Å². The number of aromatic hydroxyl groups is 1. The molecule has 0 bridgehead atoms. The van der Waals surface area contributed by atoms with Crippen molar-refractivity contribution in [3.05, 3.63) is 100 Å². The van der Waals surface area contributed by atoms with Crippen LogP contribution >= 0.6 is 0 Å². The fourth-order valence-corrected chi connectivity index (χ4v) is 5.64. The van der Waals surface area contributed by atoms with E-state index in [0.717, 1.165) is 31.5 Å². The summed E-state index contributed by atoms with van der Waals surface area (Å²) in [6.45, 7) is 8.71. The van der Waals surface area contributed by atoms with Crippen molar-refractivity contribution in [3.63, 3.8) is 0 Å². The molecule has 4 nitrogen and oxygen atoms in total. The summed E-state index contributed by atoms with van der Waals surface area (Å²) in [7, 11) is 0. The SMILES string of the molecule is CC.OCCC/C(=C(/C1=CC=c2c(ccn2CCN2CCCCC2)=CC1)c1ccc(O)cc1)c1ccccc1. The topological polar surface area (TPSA) is 48.6 Å². The van der Waals surface area contributed by atoms with Gasteiger partial charge in [0.2, 0.25) is 0 Å². The van der Waals surface area contributed by atoms with Gasteiger partial charge in [0.25, 0.3) is 0 Å². The molecule has 5 rings (SSSR count). The normalized spacial score (nSPS) is 15.9. The maximum atomic E-state index is 9.97. The lowest BCUT2D eigenvalue weighted by molar-refractivity contribution is 0.220. The molecule has 0 radical (unpaired) electrons. The number of rotatable bonds is 9. The van der Waals surface area contributed by atoms with E-state index in [1.807, 2.05) is 32.0 Å². The van der Waals surface area contributed by atoms with Crippen LogP contribution in [0.4, 0.5) is 0 Å². The van der Waals surface area contributed by atoms with E-state index >= 15 is 0 Å². The summed E-state index contributed by atoms with van der Waals surface area (Å²) in [4.78, 5) is 2.59. The largest absolute Gasteiger partial charge is 0.508 e. The second-order valence-corrected chi connectivity index (χ2v) is 10.1. The van der Waals surface area contributed by atoms with Gasteiger partial charge in [0, 0.05) is 31.2 Å². The van der Waals surface area contributed by atoms with Crippen LogP contribution in [0.3, 0.4) is 0 Å². The van der Waals surface area contributed by atoms with E-state index in [0.29, 0.717) is 6.42 Å². The van der Waals surface area contributed by atoms with Gasteiger partial charge in [-0.15, -0.1) is 0 Å². The molecule has 1 aliphatic heterocycles. The van der Waals surface area contributed by atoms with Crippen molar-refractivity contribution in [1.29, 1.82) is 0 Å². The first kappa shape index (κ1) is 28.7. The van der Waals surface area contributed by atoms with Crippen LogP contribution in [0.5, 0.6) is 5.75 Å². The maximum absolute atomic E-state index is 9.97. The van der Waals surface area contributed by atoms with Crippen LogP contribution in [0.15, 0.2) is 78.5 Å². The number of aromatic nitrogens is 1. The van der Waals surface area contributed by atoms with Gasteiger partial charge in [-0.25, -0.2) is 0 Å². The Morgan fingerprint density at radius 3 is 2.28 bits per heavy atom. The van der Waals surface area contributed by atoms with Crippen LogP contribution in [0.1, 0.15) is 63.5 Å². The second kappa shape index (κ2) is 14.7. The van der Waals surface area contributed by atoms with Gasteiger partial charge < -0.3 is 19.7 Å². The third-order valence-electron chi connectivity index (χ3n) is 7.62. The molecule has 1 aromatic heterocycles. The van der Waals surface area contributed by atoms with Crippen molar-refractivity contribution in [2.45, 2.75) is 58.9 Å². The Morgan fingerprint density at radius 1 is 0.821 bits per heavy atom. The molecule has 2 aromatic carbocycles. The Kier molecular flexibility index (Phi) is 10.8. The van der Waals surface area contributed by atoms with Gasteiger partial charge in [-0.3, -0.25) is 0 Å². The number of phenols is 1. The molecular weight excluding hydrogens is 480 g/mol. The average molecular weight is 525 g/mol. The van der Waals surface area contributed by atoms with Crippen LogP contribution in [0.2, 0.25) is 0 Å². The first-order valence-electron chi connectivity index (χ1n) is 14.7. The molecule has 206 valence electrons. The van der Waals surface area contributed by atoms with E-state index in [-0.39, 0.29) is 12.4 Å². The monoisotopic (exact) mass is 524 g/mol. The minimum atomic E-state index is 0.156. The van der Waals surface area contributed by atoms with Gasteiger partial charge in [-0.2, -0.15) is 0 Å². The molecule has 0 saturated carbocycles. The summed E-state index contributed by atoms with van der Waals surface area (Å²) in [5, 5.41) is 22.2. The maximum Gasteiger partial charge on any atom is 0.115 e. The Morgan fingerprint density at radius 2 is 1.56 bits per heavy atom. The average Bonchev–Trinajstić information content (AvgIpc) is 3.26. The highest BCUT2D eigenvalue weighted by atomic mass is 16.3. The number of piperidine rings is 1. The molecule has 2 heterocycles. The number of likely N-dealkylation sites (tertiary alicyclic amines) is 1. The van der Waals surface area contributed by atoms with E-state index in [1.54, 1.807) is 12.1 Å². The number of phenolic OH excluding ortho intramolecular Hbond substituents is 1. The van der Waals surface area contributed by atoms with Crippen molar-refractivity contribution in [3.8, 4) is 5.75 Å². The summed E-state index contributed by atoms with van der Waals surface area (Å²) >= 11 is 0. The van der Waals surface area contributed by atoms with Crippen LogP contribution in [0, 0.1) is 0 Å². The number of fused-ring (bicyclic) bond motifs is 1. The number of benzene rings is 2. The Balaban J connectivity index is 0.00000172. The zero-order chi connectivity index (χ0) is 27.5. The summed E-state index contributed by atoms with van der Waals surface area (Å²) < 4.78 is 2.40. The van der Waals surface area contributed by atoms with E-state index in [1.165, 1.54) is 65.2 Å². The summed E-state index contributed by atoms with van der Waals surface area (Å²) in [5.74, 6) is 0.266. The lowest BCUT2D eigenvalue weighted by Gasteiger charge is -2.26. The zero-order valence-corrected chi connectivity index (χ0v) is 23.6. The van der Waals surface area contributed by atoms with Crippen molar-refractivity contribution >= 4 is 23.3 Å². The molecule has 3 aromatic rings. The van der Waals surface area contributed by atoms with Crippen molar-refractivity contribution in [1.82, 2.24) is 9.47 Å². The predicted molar refractivity (Wildman–Crippen MR) is 165 cm³/mol. The van der Waals surface area contributed by atoms with Gasteiger partial charge in [0.1, 0.15) is 5.75 Å². The van der Waals surface area contributed by atoms with Gasteiger partial charge >= 0.3 is 0 Å². The smallest absolute Gasteiger partial charge is 0.115 e. The van der Waals surface area contributed by atoms with Crippen LogP contribution in [-0.4, -0.2) is 45.9 Å². The molecule has 1 fully saturated rings. The van der Waals surface area contributed by atoms with E-state index < -0.39 is 0 Å². The molecule has 2 N–H and O–H groups in total. The third-order valence-corrected chi connectivity index (χ3v) is 7.62. The van der Waals surface area contributed by atoms with Crippen molar-refractivity contribution < 1.29 is 10.2 Å². The number of allylic oxidation sites excluding steroid dienone is 4. The zero-order valence-electron chi connectivity index (χ0n) is 23.6. The Hall–Kier alpha value is -3.34. The highest BCUT2D eigenvalue weighted by Gasteiger charge is 2.17. The molecular formula is C35H44N2O2. The van der Waals surface area contributed by atoms with Crippen molar-refractivity contribution in [2.24, 2.45) is 0 Å². The van der Waals surface area contributed by atoms with E-state index in [9.17, 15) is 10.2 Å². The molecule has 0 spiro atoms. The van der Waals surface area contributed by atoms with E-state index in [4.69, 9.17) is 0 Å². The molecule has 0 amide bonds. The first-order chi connectivity index (χ1) is 19.2. The lowest BCUT2D eigenvalue weighted by Crippen LogP contribution is -2.36. The Labute approximate surface area is 233 Å². The third kappa shape index (κ3) is 7.40. The van der Waals surface area contributed by atoms with Crippen LogP contribution < -0.4 is 10.6 Å². The number of aliphatic hydroxyl groups excluding tert-OH is 1. The fourth-order valence-electron chi connectivity index (χ4n) is 5.64. The van der Waals surface area contributed by atoms with Gasteiger partial charge in [0.15, 0.2) is 0 Å². The fraction of sp³-hybridized carbons (Fsp3) is 0.371. The molecule has 1 saturated heterocycles. The Bertz CT molecular complexity index is 1360. The van der Waals surface area contributed by atoms with Gasteiger partial charge in [-0.05, 0) is 103 Å². The highest BCUT2D eigenvalue weighted by Crippen LogP contribution is 2.37.